The van der Waals surface area contributed by atoms with Gasteiger partial charge in [0.15, 0.2) is 11.5 Å². The summed E-state index contributed by atoms with van der Waals surface area (Å²) in [6.07, 6.45) is 10.5. The van der Waals surface area contributed by atoms with Gasteiger partial charge >= 0.3 is 0 Å². The average molecular weight is 449 g/mol. The molecule has 1 saturated carbocycles. The van der Waals surface area contributed by atoms with Gasteiger partial charge in [0.2, 0.25) is 0 Å². The number of nitrogens with one attached hydrogen (secondary N) is 2. The zero-order chi connectivity index (χ0) is 23.4. The summed E-state index contributed by atoms with van der Waals surface area (Å²) in [4.78, 5) is 24.0. The molecule has 4 rings (SSSR count). The van der Waals surface area contributed by atoms with Gasteiger partial charge in [-0.3, -0.25) is 9.20 Å². The molecule has 176 valence electrons. The molecule has 2 heterocycles. The lowest BCUT2D eigenvalue weighted by Crippen LogP contribution is -2.31. The van der Waals surface area contributed by atoms with Gasteiger partial charge < -0.3 is 15.5 Å². The second-order valence-electron chi connectivity index (χ2n) is 9.75. The van der Waals surface area contributed by atoms with E-state index in [9.17, 15) is 4.79 Å². The normalized spacial score (nSPS) is 18.7. The smallest absolute Gasteiger partial charge is 0.251 e. The Hall–Kier alpha value is -2.93. The lowest BCUT2D eigenvalue weighted by atomic mass is 9.80. The van der Waals surface area contributed by atoms with Crippen LogP contribution in [0.1, 0.15) is 49.9 Å². The van der Waals surface area contributed by atoms with Gasteiger partial charge in [-0.1, -0.05) is 26.0 Å². The van der Waals surface area contributed by atoms with E-state index in [1.165, 1.54) is 25.7 Å². The molecule has 0 aliphatic heterocycles. The fraction of sp³-hybridized carbons (Fsp3) is 0.500. The van der Waals surface area contributed by atoms with Crippen LogP contribution in [-0.4, -0.2) is 58.4 Å². The van der Waals surface area contributed by atoms with Crippen LogP contribution >= 0.6 is 0 Å². The van der Waals surface area contributed by atoms with E-state index >= 15 is 0 Å². The third kappa shape index (κ3) is 5.53. The summed E-state index contributed by atoms with van der Waals surface area (Å²) in [6, 6.07) is 8.12. The second-order valence-corrected chi connectivity index (χ2v) is 9.75. The van der Waals surface area contributed by atoms with E-state index in [-0.39, 0.29) is 5.91 Å². The van der Waals surface area contributed by atoms with Gasteiger partial charge in [-0.2, -0.15) is 0 Å². The fourth-order valence-corrected chi connectivity index (χ4v) is 4.67. The van der Waals surface area contributed by atoms with Crippen molar-refractivity contribution in [2.75, 3.05) is 32.5 Å². The molecule has 0 radical (unpaired) electrons. The third-order valence-electron chi connectivity index (χ3n) is 6.75. The van der Waals surface area contributed by atoms with Crippen molar-refractivity contribution in [3.63, 3.8) is 0 Å². The quantitative estimate of drug-likeness (QED) is 0.537. The number of rotatable bonds is 8. The number of aromatic nitrogens is 3. The maximum Gasteiger partial charge on any atom is 0.251 e. The van der Waals surface area contributed by atoms with E-state index < -0.39 is 0 Å². The number of fused-ring (bicyclic) bond motifs is 1. The van der Waals surface area contributed by atoms with E-state index in [0.29, 0.717) is 18.2 Å². The third-order valence-corrected chi connectivity index (χ3v) is 6.75. The molecule has 2 aromatic heterocycles. The van der Waals surface area contributed by atoms with Gasteiger partial charge in [0.05, 0.1) is 11.9 Å². The first-order valence-electron chi connectivity index (χ1n) is 12.0. The predicted molar refractivity (Wildman–Crippen MR) is 134 cm³/mol. The van der Waals surface area contributed by atoms with E-state index in [1.54, 1.807) is 6.20 Å². The van der Waals surface area contributed by atoms with Gasteiger partial charge in [0, 0.05) is 42.7 Å². The van der Waals surface area contributed by atoms with Gasteiger partial charge in [-0.25, -0.2) is 9.97 Å². The van der Waals surface area contributed by atoms with Gasteiger partial charge in [0.25, 0.3) is 5.91 Å². The topological polar surface area (TPSA) is 74.6 Å². The van der Waals surface area contributed by atoms with Crippen molar-refractivity contribution < 1.29 is 4.79 Å². The molecular formula is C26H36N6O. The zero-order valence-corrected chi connectivity index (χ0v) is 20.2. The van der Waals surface area contributed by atoms with E-state index in [1.807, 2.05) is 55.7 Å². The monoisotopic (exact) mass is 448 g/mol. The van der Waals surface area contributed by atoms with Crippen molar-refractivity contribution >= 4 is 17.4 Å². The highest BCUT2D eigenvalue weighted by Gasteiger charge is 2.24. The van der Waals surface area contributed by atoms with Crippen LogP contribution < -0.4 is 10.6 Å². The first kappa shape index (κ1) is 23.2. The van der Waals surface area contributed by atoms with Crippen molar-refractivity contribution in [3.8, 4) is 11.3 Å². The van der Waals surface area contributed by atoms with E-state index in [4.69, 9.17) is 4.98 Å². The molecule has 2 N–H and O–H groups in total. The van der Waals surface area contributed by atoms with Gasteiger partial charge in [0.1, 0.15) is 0 Å². The Kier molecular flexibility index (Phi) is 7.28. The molecule has 0 bridgehead atoms. The number of carbonyl (C=O) groups is 1. The molecule has 7 nitrogen and oxygen atoms in total. The van der Waals surface area contributed by atoms with Crippen LogP contribution in [0.15, 0.2) is 42.9 Å². The molecule has 1 fully saturated rings. The number of hydrogen-bond acceptors (Lipinski definition) is 5. The first-order valence-corrected chi connectivity index (χ1v) is 12.0. The standard InChI is InChI=1S/C26H36N6O/c1-18(2)19-8-10-22(11-9-19)30-24-25-27-13-15-32(25)23(17-29-24)20-6-5-7-21(16-20)26(33)28-12-14-31(3)4/h5-7,13,15-19,22H,8-12,14H2,1-4H3,(H,28,33)(H,29,30). The summed E-state index contributed by atoms with van der Waals surface area (Å²) in [6.45, 7) is 6.08. The largest absolute Gasteiger partial charge is 0.364 e. The minimum Gasteiger partial charge on any atom is -0.364 e. The number of amides is 1. The summed E-state index contributed by atoms with van der Waals surface area (Å²) in [5.74, 6) is 2.35. The van der Waals surface area contributed by atoms with Crippen molar-refractivity contribution in [3.05, 3.63) is 48.4 Å². The van der Waals surface area contributed by atoms with E-state index in [0.717, 1.165) is 41.1 Å². The van der Waals surface area contributed by atoms with Crippen LogP contribution in [0, 0.1) is 11.8 Å². The molecule has 0 unspecified atom stereocenters. The second kappa shape index (κ2) is 10.3. The zero-order valence-electron chi connectivity index (χ0n) is 20.2. The van der Waals surface area contributed by atoms with Crippen LogP contribution in [0.5, 0.6) is 0 Å². The Morgan fingerprint density at radius 1 is 1.18 bits per heavy atom. The lowest BCUT2D eigenvalue weighted by Gasteiger charge is -2.31. The highest BCUT2D eigenvalue weighted by Crippen LogP contribution is 2.32. The highest BCUT2D eigenvalue weighted by molar-refractivity contribution is 5.95. The summed E-state index contributed by atoms with van der Waals surface area (Å²) >= 11 is 0. The van der Waals surface area contributed by atoms with Crippen molar-refractivity contribution in [2.45, 2.75) is 45.6 Å². The lowest BCUT2D eigenvalue weighted by molar-refractivity contribution is 0.0951. The maximum absolute atomic E-state index is 12.6. The molecule has 0 saturated heterocycles. The summed E-state index contributed by atoms with van der Waals surface area (Å²) in [5, 5.41) is 6.63. The number of nitrogens with zero attached hydrogens (tertiary/aromatic N) is 4. The molecule has 1 aliphatic carbocycles. The molecule has 1 amide bonds. The molecule has 0 spiro atoms. The summed E-state index contributed by atoms with van der Waals surface area (Å²) in [7, 11) is 3.98. The number of imidazole rings is 1. The molecule has 7 heteroatoms. The van der Waals surface area contributed by atoms with Gasteiger partial charge in [-0.15, -0.1) is 0 Å². The molecule has 1 aliphatic rings. The summed E-state index contributed by atoms with van der Waals surface area (Å²) < 4.78 is 2.05. The Morgan fingerprint density at radius 3 is 2.70 bits per heavy atom. The minimum absolute atomic E-state index is 0.0659. The van der Waals surface area contributed by atoms with E-state index in [2.05, 4.69) is 33.9 Å². The van der Waals surface area contributed by atoms with Crippen LogP contribution in [0.3, 0.4) is 0 Å². The Labute approximate surface area is 196 Å². The van der Waals surface area contributed by atoms with Gasteiger partial charge in [-0.05, 0) is 63.7 Å². The number of carbonyl (C=O) groups excluding carboxylic acids is 1. The number of benzene rings is 1. The highest BCUT2D eigenvalue weighted by atomic mass is 16.1. The Balaban J connectivity index is 1.51. The Morgan fingerprint density at radius 2 is 1.97 bits per heavy atom. The molecule has 1 aromatic carbocycles. The molecule has 33 heavy (non-hydrogen) atoms. The van der Waals surface area contributed by atoms with Crippen molar-refractivity contribution in [1.82, 2.24) is 24.6 Å². The van der Waals surface area contributed by atoms with Crippen molar-refractivity contribution in [1.29, 1.82) is 0 Å². The number of likely N-dealkylation sites (N-methyl/N-ethyl adjacent to an activating group) is 1. The molecule has 0 atom stereocenters. The molecular weight excluding hydrogens is 412 g/mol. The fourth-order valence-electron chi connectivity index (χ4n) is 4.67. The van der Waals surface area contributed by atoms with Crippen molar-refractivity contribution in [2.24, 2.45) is 11.8 Å². The first-order chi connectivity index (χ1) is 15.9. The van der Waals surface area contributed by atoms with Crippen LogP contribution in [0.2, 0.25) is 0 Å². The number of hydrogen-bond donors (Lipinski definition) is 2. The molecule has 3 aromatic rings. The number of anilines is 1. The minimum atomic E-state index is -0.0659. The van der Waals surface area contributed by atoms with Crippen LogP contribution in [0.4, 0.5) is 5.82 Å². The SMILES string of the molecule is CC(C)C1CCC(Nc2ncc(-c3cccc(C(=O)NCCN(C)C)c3)n3ccnc23)CC1. The maximum atomic E-state index is 12.6. The van der Waals surface area contributed by atoms with Crippen LogP contribution in [0.25, 0.3) is 16.9 Å². The van der Waals surface area contributed by atoms with Crippen LogP contribution in [-0.2, 0) is 0 Å². The predicted octanol–water partition coefficient (Wildman–Crippen LogP) is 4.31. The Bertz CT molecular complexity index is 1080. The average Bonchev–Trinajstić information content (AvgIpc) is 3.30. The summed E-state index contributed by atoms with van der Waals surface area (Å²) in [5.41, 5.74) is 3.32.